The molecule has 0 fully saturated rings. The van der Waals surface area contributed by atoms with E-state index < -0.39 is 0 Å². The van der Waals surface area contributed by atoms with E-state index in [1.165, 1.54) is 12.1 Å². The van der Waals surface area contributed by atoms with E-state index in [4.69, 9.17) is 4.74 Å². The third-order valence-corrected chi connectivity index (χ3v) is 5.39. The van der Waals surface area contributed by atoms with E-state index in [0.29, 0.717) is 17.2 Å². The molecule has 2 aromatic heterocycles. The zero-order valence-electron chi connectivity index (χ0n) is 18.6. The maximum absolute atomic E-state index is 13.8. The predicted molar refractivity (Wildman–Crippen MR) is 123 cm³/mol. The monoisotopic (exact) mass is 432 g/mol. The van der Waals surface area contributed by atoms with Crippen LogP contribution in [0.25, 0.3) is 16.7 Å². The lowest BCUT2D eigenvalue weighted by atomic mass is 10.1. The summed E-state index contributed by atoms with van der Waals surface area (Å²) in [6.07, 6.45) is 0.818. The van der Waals surface area contributed by atoms with Gasteiger partial charge in [-0.3, -0.25) is 4.79 Å². The number of rotatable bonds is 6. The van der Waals surface area contributed by atoms with E-state index in [1.54, 1.807) is 22.9 Å². The van der Waals surface area contributed by atoms with Gasteiger partial charge in [0.25, 0.3) is 5.91 Å². The number of pyridine rings is 1. The fourth-order valence-corrected chi connectivity index (χ4v) is 3.85. The minimum atomic E-state index is -0.354. The number of ether oxygens (including phenoxy) is 1. The number of aryl methyl sites for hydroxylation is 4. The third kappa shape index (κ3) is 4.19. The molecule has 6 nitrogen and oxygen atoms in total. The summed E-state index contributed by atoms with van der Waals surface area (Å²) in [6, 6.07) is 13.9. The van der Waals surface area contributed by atoms with Crippen LogP contribution in [-0.4, -0.2) is 27.3 Å². The van der Waals surface area contributed by atoms with Gasteiger partial charge >= 0.3 is 0 Å². The van der Waals surface area contributed by atoms with Crippen LogP contribution in [-0.2, 0) is 11.2 Å². The number of hydrogen-bond acceptors (Lipinski definition) is 4. The zero-order valence-corrected chi connectivity index (χ0v) is 18.6. The fraction of sp³-hybridized carbons (Fsp3) is 0.240. The molecule has 0 radical (unpaired) electrons. The third-order valence-electron chi connectivity index (χ3n) is 5.39. The average molecular weight is 432 g/mol. The van der Waals surface area contributed by atoms with Crippen LogP contribution in [0.15, 0.2) is 48.5 Å². The van der Waals surface area contributed by atoms with Gasteiger partial charge in [0.15, 0.2) is 12.3 Å². The first-order valence-corrected chi connectivity index (χ1v) is 10.5. The molecule has 0 saturated carbocycles. The number of aromatic nitrogens is 3. The Bertz CT molecular complexity index is 1310. The van der Waals surface area contributed by atoms with Crippen LogP contribution >= 0.6 is 0 Å². The Kier molecular flexibility index (Phi) is 5.90. The molecule has 0 aliphatic rings. The number of carbonyl (C=O) groups excluding carboxylic acids is 1. The van der Waals surface area contributed by atoms with Crippen LogP contribution in [0, 0.1) is 26.6 Å². The summed E-state index contributed by atoms with van der Waals surface area (Å²) in [7, 11) is 0. The highest BCUT2D eigenvalue weighted by Gasteiger charge is 2.16. The van der Waals surface area contributed by atoms with Gasteiger partial charge in [-0.2, -0.15) is 10.1 Å². The number of nitrogens with one attached hydrogen (secondary N) is 1. The van der Waals surface area contributed by atoms with Gasteiger partial charge in [0.2, 0.25) is 5.88 Å². The predicted octanol–water partition coefficient (Wildman–Crippen LogP) is 5.06. The number of benzene rings is 2. The molecule has 2 heterocycles. The molecule has 0 aliphatic carbocycles. The highest BCUT2D eigenvalue weighted by Crippen LogP contribution is 2.27. The number of anilines is 1. The Hall–Kier alpha value is -3.74. The van der Waals surface area contributed by atoms with E-state index >= 15 is 0 Å². The second-order valence-electron chi connectivity index (χ2n) is 7.75. The van der Waals surface area contributed by atoms with Gasteiger partial charge < -0.3 is 10.1 Å². The highest BCUT2D eigenvalue weighted by molar-refractivity contribution is 5.93. The van der Waals surface area contributed by atoms with Crippen LogP contribution in [0.5, 0.6) is 5.88 Å². The van der Waals surface area contributed by atoms with Crippen molar-refractivity contribution in [3.63, 3.8) is 0 Å². The van der Waals surface area contributed by atoms with E-state index in [1.807, 2.05) is 45.9 Å². The Balaban J connectivity index is 1.59. The minimum absolute atomic E-state index is 0.178. The number of halogens is 1. The van der Waals surface area contributed by atoms with Gasteiger partial charge in [0.1, 0.15) is 5.82 Å². The zero-order chi connectivity index (χ0) is 22.8. The molecular weight excluding hydrogens is 407 g/mol. The van der Waals surface area contributed by atoms with Gasteiger partial charge in [-0.25, -0.2) is 9.07 Å². The summed E-state index contributed by atoms with van der Waals surface area (Å²) >= 11 is 0. The maximum atomic E-state index is 13.8. The Morgan fingerprint density at radius 1 is 1.09 bits per heavy atom. The molecule has 0 aliphatic heterocycles. The smallest absolute Gasteiger partial charge is 0.262 e. The van der Waals surface area contributed by atoms with Crippen LogP contribution < -0.4 is 10.1 Å². The number of fused-ring (bicyclic) bond motifs is 1. The van der Waals surface area contributed by atoms with Gasteiger partial charge in [-0.05, 0) is 62.1 Å². The van der Waals surface area contributed by atoms with Gasteiger partial charge in [-0.15, -0.1) is 0 Å². The Labute approximate surface area is 186 Å². The minimum Gasteiger partial charge on any atom is -0.467 e. The Morgan fingerprint density at radius 2 is 1.88 bits per heavy atom. The number of nitrogens with zero attached hydrogens (tertiary/aromatic N) is 3. The van der Waals surface area contributed by atoms with E-state index in [0.717, 1.165) is 39.9 Å². The van der Waals surface area contributed by atoms with Crippen LogP contribution in [0.1, 0.15) is 29.3 Å². The van der Waals surface area contributed by atoms with Crippen molar-refractivity contribution in [1.82, 2.24) is 14.8 Å². The normalized spacial score (nSPS) is 11.0. The number of amides is 1. The average Bonchev–Trinajstić information content (AvgIpc) is 3.10. The van der Waals surface area contributed by atoms with Crippen molar-refractivity contribution < 1.29 is 13.9 Å². The molecule has 4 aromatic rings. The quantitative estimate of drug-likeness (QED) is 0.462. The summed E-state index contributed by atoms with van der Waals surface area (Å²) < 4.78 is 21.1. The largest absolute Gasteiger partial charge is 0.467 e. The van der Waals surface area contributed by atoms with Crippen LogP contribution in [0.4, 0.5) is 10.1 Å². The topological polar surface area (TPSA) is 69.0 Å². The Morgan fingerprint density at radius 3 is 2.62 bits per heavy atom. The molecule has 4 rings (SSSR count). The standard InChI is InChI=1S/C25H25FN4O2/c1-5-18-9-6-8-15(2)24(18)27-21(31)14-32-22-12-16(3)23-17(4)29-30(25(23)28-22)20-11-7-10-19(26)13-20/h6-13H,5,14H2,1-4H3,(H,27,31). The second kappa shape index (κ2) is 8.78. The molecule has 0 saturated heterocycles. The van der Waals surface area contributed by atoms with Crippen molar-refractivity contribution in [3.8, 4) is 11.6 Å². The molecule has 7 heteroatoms. The molecule has 1 N–H and O–H groups in total. The van der Waals surface area contributed by atoms with Gasteiger partial charge in [0, 0.05) is 17.1 Å². The summed E-state index contributed by atoms with van der Waals surface area (Å²) in [5.41, 5.74) is 5.71. The van der Waals surface area contributed by atoms with Crippen LogP contribution in [0.3, 0.4) is 0 Å². The second-order valence-corrected chi connectivity index (χ2v) is 7.75. The lowest BCUT2D eigenvalue weighted by Crippen LogP contribution is -2.21. The molecule has 32 heavy (non-hydrogen) atoms. The van der Waals surface area contributed by atoms with E-state index in [-0.39, 0.29) is 18.3 Å². The van der Waals surface area contributed by atoms with Crippen molar-refractivity contribution in [3.05, 3.63) is 76.7 Å². The van der Waals surface area contributed by atoms with Crippen molar-refractivity contribution in [2.24, 2.45) is 0 Å². The molecule has 0 atom stereocenters. The summed E-state index contributed by atoms with van der Waals surface area (Å²) in [5, 5.41) is 8.36. The van der Waals surface area contributed by atoms with Crippen molar-refractivity contribution in [2.45, 2.75) is 34.1 Å². The first kappa shape index (κ1) is 21.5. The van der Waals surface area contributed by atoms with Crippen molar-refractivity contribution >= 4 is 22.6 Å². The number of carbonyl (C=O) groups is 1. The summed E-state index contributed by atoms with van der Waals surface area (Å²) in [6.45, 7) is 7.65. The molecule has 164 valence electrons. The first-order chi connectivity index (χ1) is 15.4. The van der Waals surface area contributed by atoms with Crippen molar-refractivity contribution in [2.75, 3.05) is 11.9 Å². The SMILES string of the molecule is CCc1cccc(C)c1NC(=O)COc1cc(C)c2c(C)nn(-c3cccc(F)c3)c2n1. The van der Waals surface area contributed by atoms with Gasteiger partial charge in [-0.1, -0.05) is 31.2 Å². The fourth-order valence-electron chi connectivity index (χ4n) is 3.85. The van der Waals surface area contributed by atoms with E-state index in [2.05, 4.69) is 15.4 Å². The number of hydrogen-bond donors (Lipinski definition) is 1. The lowest BCUT2D eigenvalue weighted by molar-refractivity contribution is -0.118. The number of para-hydroxylation sites is 1. The summed E-state index contributed by atoms with van der Waals surface area (Å²) in [5.74, 6) is -0.307. The van der Waals surface area contributed by atoms with E-state index in [9.17, 15) is 9.18 Å². The summed E-state index contributed by atoms with van der Waals surface area (Å²) in [4.78, 5) is 17.1. The lowest BCUT2D eigenvalue weighted by Gasteiger charge is -2.13. The molecule has 0 spiro atoms. The highest BCUT2D eigenvalue weighted by atomic mass is 19.1. The van der Waals surface area contributed by atoms with Gasteiger partial charge in [0.05, 0.1) is 11.4 Å². The molecule has 1 amide bonds. The molecule has 2 aromatic carbocycles. The molecular formula is C25H25FN4O2. The van der Waals surface area contributed by atoms with Crippen molar-refractivity contribution in [1.29, 1.82) is 0 Å². The molecule has 0 bridgehead atoms. The first-order valence-electron chi connectivity index (χ1n) is 10.5. The molecule has 0 unspecified atom stereocenters. The van der Waals surface area contributed by atoms with Crippen LogP contribution in [0.2, 0.25) is 0 Å². The maximum Gasteiger partial charge on any atom is 0.262 e.